The van der Waals surface area contributed by atoms with E-state index in [-0.39, 0.29) is 5.92 Å². The minimum atomic E-state index is -0.718. The Bertz CT molecular complexity index is 437. The van der Waals surface area contributed by atoms with Gasteiger partial charge in [0.2, 0.25) is 0 Å². The van der Waals surface area contributed by atoms with Crippen LogP contribution < -0.4 is 0 Å². The van der Waals surface area contributed by atoms with Crippen LogP contribution in [0, 0.1) is 5.92 Å². The molecule has 0 amide bonds. The molecule has 1 unspecified atom stereocenters. The van der Waals surface area contributed by atoms with E-state index in [1.165, 1.54) is 0 Å². The van der Waals surface area contributed by atoms with E-state index < -0.39 is 5.97 Å². The molecule has 1 N–H and O–H groups in total. The van der Waals surface area contributed by atoms with Crippen molar-refractivity contribution in [3.05, 3.63) is 33.8 Å². The van der Waals surface area contributed by atoms with Crippen LogP contribution in [0.1, 0.15) is 12.0 Å². The molecule has 1 aliphatic rings. The largest absolute Gasteiger partial charge is 0.481 e. The predicted molar refractivity (Wildman–Crippen MR) is 67.5 cm³/mol. The van der Waals surface area contributed by atoms with Gasteiger partial charge in [0.05, 0.1) is 16.0 Å². The number of carboxylic acids is 1. The summed E-state index contributed by atoms with van der Waals surface area (Å²) >= 11 is 12.0. The van der Waals surface area contributed by atoms with E-state index >= 15 is 0 Å². The summed E-state index contributed by atoms with van der Waals surface area (Å²) < 4.78 is 0. The van der Waals surface area contributed by atoms with Crippen molar-refractivity contribution in [1.82, 2.24) is 4.90 Å². The third-order valence-electron chi connectivity index (χ3n) is 3.05. The number of halogens is 2. The minimum absolute atomic E-state index is 0.257. The van der Waals surface area contributed by atoms with E-state index in [1.54, 1.807) is 6.07 Å². The first-order valence-electron chi connectivity index (χ1n) is 5.46. The number of nitrogens with zero attached hydrogens (tertiary/aromatic N) is 1. The smallest absolute Gasteiger partial charge is 0.307 e. The summed E-state index contributed by atoms with van der Waals surface area (Å²) in [4.78, 5) is 12.9. The van der Waals surface area contributed by atoms with Gasteiger partial charge in [0.15, 0.2) is 0 Å². The van der Waals surface area contributed by atoms with Crippen LogP contribution in [-0.4, -0.2) is 29.1 Å². The first-order chi connectivity index (χ1) is 8.08. The third-order valence-corrected chi connectivity index (χ3v) is 3.91. The average molecular weight is 274 g/mol. The fourth-order valence-corrected chi connectivity index (χ4v) is 2.47. The molecule has 5 heteroatoms. The average Bonchev–Trinajstić information content (AvgIpc) is 2.73. The Hall–Kier alpha value is -0.770. The highest BCUT2D eigenvalue weighted by Gasteiger charge is 2.28. The molecule has 0 saturated carbocycles. The molecule has 0 bridgehead atoms. The number of likely N-dealkylation sites (tertiary alicyclic amines) is 1. The van der Waals surface area contributed by atoms with E-state index in [2.05, 4.69) is 4.90 Å². The standard InChI is InChI=1S/C12H13Cl2NO2/c13-10-3-1-2-8(11(10)14)6-15-5-4-9(7-15)12(16)17/h1-3,9H,4-7H2,(H,16,17). The molecule has 0 spiro atoms. The van der Waals surface area contributed by atoms with Gasteiger partial charge < -0.3 is 5.11 Å². The second-order valence-electron chi connectivity index (χ2n) is 4.27. The monoisotopic (exact) mass is 273 g/mol. The van der Waals surface area contributed by atoms with Crippen LogP contribution in [0.4, 0.5) is 0 Å². The van der Waals surface area contributed by atoms with E-state index in [0.717, 1.165) is 12.1 Å². The lowest BCUT2D eigenvalue weighted by Gasteiger charge is -2.16. The van der Waals surface area contributed by atoms with E-state index in [4.69, 9.17) is 28.3 Å². The van der Waals surface area contributed by atoms with Gasteiger partial charge in [0.25, 0.3) is 0 Å². The number of carboxylic acid groups (broad SMARTS) is 1. The number of rotatable bonds is 3. The summed E-state index contributed by atoms with van der Waals surface area (Å²) in [5, 5.41) is 10.0. The molecule has 0 aromatic heterocycles. The Morgan fingerprint density at radius 3 is 2.88 bits per heavy atom. The molecule has 1 atom stereocenters. The fourth-order valence-electron chi connectivity index (χ4n) is 2.09. The van der Waals surface area contributed by atoms with Gasteiger partial charge in [0.1, 0.15) is 0 Å². The summed E-state index contributed by atoms with van der Waals surface area (Å²) in [6, 6.07) is 5.52. The summed E-state index contributed by atoms with van der Waals surface area (Å²) in [7, 11) is 0. The Balaban J connectivity index is 2.03. The lowest BCUT2D eigenvalue weighted by atomic mass is 10.1. The van der Waals surface area contributed by atoms with E-state index in [0.29, 0.717) is 29.6 Å². The zero-order chi connectivity index (χ0) is 12.4. The highest BCUT2D eigenvalue weighted by atomic mass is 35.5. The topological polar surface area (TPSA) is 40.5 Å². The van der Waals surface area contributed by atoms with Crippen LogP contribution in [0.5, 0.6) is 0 Å². The maximum atomic E-state index is 10.8. The van der Waals surface area contributed by atoms with Crippen molar-refractivity contribution in [2.24, 2.45) is 5.92 Å². The highest BCUT2D eigenvalue weighted by molar-refractivity contribution is 6.42. The number of hydrogen-bond donors (Lipinski definition) is 1. The van der Waals surface area contributed by atoms with Crippen LogP contribution in [0.25, 0.3) is 0 Å². The maximum absolute atomic E-state index is 10.8. The van der Waals surface area contributed by atoms with Crippen molar-refractivity contribution < 1.29 is 9.90 Å². The van der Waals surface area contributed by atoms with Crippen LogP contribution in [-0.2, 0) is 11.3 Å². The van der Waals surface area contributed by atoms with Crippen LogP contribution in [0.3, 0.4) is 0 Å². The third kappa shape index (κ3) is 2.92. The van der Waals surface area contributed by atoms with Gasteiger partial charge >= 0.3 is 5.97 Å². The summed E-state index contributed by atoms with van der Waals surface area (Å²) in [5.74, 6) is -0.974. The molecule has 1 fully saturated rings. The van der Waals surface area contributed by atoms with Gasteiger partial charge in [-0.2, -0.15) is 0 Å². The number of aliphatic carboxylic acids is 1. The molecule has 3 nitrogen and oxygen atoms in total. The van der Waals surface area contributed by atoms with Crippen molar-refractivity contribution in [1.29, 1.82) is 0 Å². The molecule has 0 radical (unpaired) electrons. The molecule has 0 aliphatic carbocycles. The van der Waals surface area contributed by atoms with Crippen LogP contribution in [0.2, 0.25) is 10.0 Å². The first-order valence-corrected chi connectivity index (χ1v) is 6.21. The Morgan fingerprint density at radius 1 is 1.47 bits per heavy atom. The number of carbonyl (C=O) groups is 1. The molecule has 92 valence electrons. The molecular formula is C12H13Cl2NO2. The Labute approximate surface area is 110 Å². The van der Waals surface area contributed by atoms with Gasteiger partial charge in [-0.25, -0.2) is 0 Å². The highest BCUT2D eigenvalue weighted by Crippen LogP contribution is 2.28. The number of benzene rings is 1. The lowest BCUT2D eigenvalue weighted by molar-refractivity contribution is -0.141. The zero-order valence-electron chi connectivity index (χ0n) is 9.20. The molecular weight excluding hydrogens is 261 g/mol. The van der Waals surface area contributed by atoms with E-state index in [1.807, 2.05) is 12.1 Å². The Kier molecular flexibility index (Phi) is 3.92. The Morgan fingerprint density at radius 2 is 2.24 bits per heavy atom. The van der Waals surface area contributed by atoms with Gasteiger partial charge in [-0.15, -0.1) is 0 Å². The zero-order valence-corrected chi connectivity index (χ0v) is 10.7. The van der Waals surface area contributed by atoms with Crippen LogP contribution >= 0.6 is 23.2 Å². The summed E-state index contributed by atoms with van der Waals surface area (Å²) in [6.07, 6.45) is 0.702. The predicted octanol–water partition coefficient (Wildman–Crippen LogP) is 2.90. The maximum Gasteiger partial charge on any atom is 0.307 e. The first kappa shape index (κ1) is 12.7. The van der Waals surface area contributed by atoms with Crippen LogP contribution in [0.15, 0.2) is 18.2 Å². The van der Waals surface area contributed by atoms with Gasteiger partial charge in [-0.1, -0.05) is 35.3 Å². The van der Waals surface area contributed by atoms with Gasteiger partial charge in [-0.3, -0.25) is 9.69 Å². The lowest BCUT2D eigenvalue weighted by Crippen LogP contribution is -2.22. The minimum Gasteiger partial charge on any atom is -0.481 e. The van der Waals surface area contributed by atoms with E-state index in [9.17, 15) is 4.79 Å². The summed E-state index contributed by atoms with van der Waals surface area (Å²) in [6.45, 7) is 2.03. The van der Waals surface area contributed by atoms with Crippen molar-refractivity contribution >= 4 is 29.2 Å². The molecule has 1 saturated heterocycles. The molecule has 1 aliphatic heterocycles. The molecule has 1 heterocycles. The normalized spacial score (nSPS) is 20.7. The van der Waals surface area contributed by atoms with Crippen molar-refractivity contribution in [3.63, 3.8) is 0 Å². The second-order valence-corrected chi connectivity index (χ2v) is 5.06. The molecule has 1 aromatic rings. The quantitative estimate of drug-likeness (QED) is 0.921. The van der Waals surface area contributed by atoms with Crippen molar-refractivity contribution in [2.45, 2.75) is 13.0 Å². The van der Waals surface area contributed by atoms with Crippen molar-refractivity contribution in [2.75, 3.05) is 13.1 Å². The fraction of sp³-hybridized carbons (Fsp3) is 0.417. The summed E-state index contributed by atoms with van der Waals surface area (Å²) in [5.41, 5.74) is 0.949. The molecule has 17 heavy (non-hydrogen) atoms. The second kappa shape index (κ2) is 5.25. The molecule has 1 aromatic carbocycles. The van der Waals surface area contributed by atoms with Gasteiger partial charge in [0, 0.05) is 13.1 Å². The number of hydrogen-bond acceptors (Lipinski definition) is 2. The van der Waals surface area contributed by atoms with Gasteiger partial charge in [-0.05, 0) is 24.6 Å². The van der Waals surface area contributed by atoms with Crippen molar-refractivity contribution in [3.8, 4) is 0 Å². The SMILES string of the molecule is O=C(O)C1CCN(Cc2cccc(Cl)c2Cl)C1. The molecule has 2 rings (SSSR count).